The summed E-state index contributed by atoms with van der Waals surface area (Å²) in [7, 11) is 0. The minimum absolute atomic E-state index is 0.0667. The fourth-order valence-corrected chi connectivity index (χ4v) is 3.31. The van der Waals surface area contributed by atoms with Crippen molar-refractivity contribution in [3.63, 3.8) is 0 Å². The standard InChI is InChI=1S/C18H22N4O/c1-12-17(21-16-7-3-2-6-15(16)19-12)22-10-4-5-13(11-22)18(23)20-14-8-9-14/h2-3,6-7,13-14H,4-5,8-11H2,1H3,(H,20,23)/t13-/m0/s1. The SMILES string of the molecule is Cc1nc2ccccc2nc1N1CCC[C@H](C(=O)NC2CC2)C1. The van der Waals surface area contributed by atoms with Crippen molar-refractivity contribution in [2.75, 3.05) is 18.0 Å². The molecule has 2 heterocycles. The molecule has 2 fully saturated rings. The van der Waals surface area contributed by atoms with E-state index in [9.17, 15) is 4.79 Å². The number of nitrogens with zero attached hydrogens (tertiary/aromatic N) is 3. The van der Waals surface area contributed by atoms with Gasteiger partial charge in [0, 0.05) is 19.1 Å². The Morgan fingerprint density at radius 1 is 1.17 bits per heavy atom. The number of aromatic nitrogens is 2. The number of rotatable bonds is 3. The second-order valence-electron chi connectivity index (χ2n) is 6.69. The van der Waals surface area contributed by atoms with E-state index in [1.165, 1.54) is 0 Å². The number of hydrogen-bond donors (Lipinski definition) is 1. The smallest absolute Gasteiger partial charge is 0.225 e. The summed E-state index contributed by atoms with van der Waals surface area (Å²) in [6, 6.07) is 8.38. The van der Waals surface area contributed by atoms with Crippen LogP contribution in [-0.2, 0) is 4.79 Å². The molecular weight excluding hydrogens is 288 g/mol. The lowest BCUT2D eigenvalue weighted by molar-refractivity contribution is -0.125. The van der Waals surface area contributed by atoms with Crippen LogP contribution in [0.4, 0.5) is 5.82 Å². The number of benzene rings is 1. The molecule has 1 aromatic carbocycles. The first kappa shape index (κ1) is 14.4. The van der Waals surface area contributed by atoms with E-state index in [1.807, 2.05) is 31.2 Å². The molecule has 4 rings (SSSR count). The molecule has 5 heteroatoms. The van der Waals surface area contributed by atoms with Crippen LogP contribution in [0.5, 0.6) is 0 Å². The summed E-state index contributed by atoms with van der Waals surface area (Å²) in [6.07, 6.45) is 4.26. The second kappa shape index (κ2) is 5.80. The predicted molar refractivity (Wildman–Crippen MR) is 90.4 cm³/mol. The van der Waals surface area contributed by atoms with Gasteiger partial charge in [-0.2, -0.15) is 0 Å². The van der Waals surface area contributed by atoms with Gasteiger partial charge in [-0.25, -0.2) is 9.97 Å². The van der Waals surface area contributed by atoms with Crippen LogP contribution in [0.15, 0.2) is 24.3 Å². The maximum Gasteiger partial charge on any atom is 0.225 e. The molecule has 1 N–H and O–H groups in total. The molecule has 1 atom stereocenters. The van der Waals surface area contributed by atoms with Crippen molar-refractivity contribution in [2.24, 2.45) is 5.92 Å². The summed E-state index contributed by atoms with van der Waals surface area (Å²) in [5, 5.41) is 3.14. The number of carbonyl (C=O) groups excluding carboxylic acids is 1. The Hall–Kier alpha value is -2.17. The van der Waals surface area contributed by atoms with Crippen molar-refractivity contribution in [1.82, 2.24) is 15.3 Å². The molecule has 1 aromatic heterocycles. The third-order valence-electron chi connectivity index (χ3n) is 4.74. The summed E-state index contributed by atoms with van der Waals surface area (Å²) in [4.78, 5) is 24.1. The number of aryl methyl sites for hydroxylation is 1. The molecule has 1 saturated heterocycles. The first-order chi connectivity index (χ1) is 11.2. The summed E-state index contributed by atoms with van der Waals surface area (Å²) in [5.74, 6) is 1.20. The predicted octanol–water partition coefficient (Wildman–Crippen LogP) is 2.43. The zero-order valence-electron chi connectivity index (χ0n) is 13.5. The second-order valence-corrected chi connectivity index (χ2v) is 6.69. The van der Waals surface area contributed by atoms with Gasteiger partial charge in [0.05, 0.1) is 22.6 Å². The van der Waals surface area contributed by atoms with Crippen LogP contribution in [0.3, 0.4) is 0 Å². The minimum atomic E-state index is 0.0667. The average molecular weight is 310 g/mol. The van der Waals surface area contributed by atoms with E-state index < -0.39 is 0 Å². The quantitative estimate of drug-likeness (QED) is 0.946. The Labute approximate surface area is 136 Å². The van der Waals surface area contributed by atoms with E-state index in [-0.39, 0.29) is 11.8 Å². The Morgan fingerprint density at radius 2 is 1.91 bits per heavy atom. The van der Waals surface area contributed by atoms with Gasteiger partial charge in [-0.1, -0.05) is 12.1 Å². The van der Waals surface area contributed by atoms with Gasteiger partial charge < -0.3 is 10.2 Å². The maximum absolute atomic E-state index is 12.3. The average Bonchev–Trinajstić information content (AvgIpc) is 3.38. The van der Waals surface area contributed by atoms with Gasteiger partial charge in [-0.05, 0) is 44.7 Å². The van der Waals surface area contributed by atoms with E-state index in [1.54, 1.807) is 0 Å². The number of nitrogens with one attached hydrogen (secondary N) is 1. The zero-order chi connectivity index (χ0) is 15.8. The molecular formula is C18H22N4O. The number of piperidine rings is 1. The van der Waals surface area contributed by atoms with Crippen molar-refractivity contribution in [1.29, 1.82) is 0 Å². The highest BCUT2D eigenvalue weighted by molar-refractivity contribution is 5.80. The van der Waals surface area contributed by atoms with Crippen LogP contribution in [0.2, 0.25) is 0 Å². The van der Waals surface area contributed by atoms with E-state index >= 15 is 0 Å². The molecule has 5 nitrogen and oxygen atoms in total. The van der Waals surface area contributed by atoms with Gasteiger partial charge in [0.25, 0.3) is 0 Å². The van der Waals surface area contributed by atoms with Gasteiger partial charge in [0.1, 0.15) is 0 Å². The van der Waals surface area contributed by atoms with Crippen molar-refractivity contribution in [3.05, 3.63) is 30.0 Å². The molecule has 2 aromatic rings. The van der Waals surface area contributed by atoms with Crippen molar-refractivity contribution < 1.29 is 4.79 Å². The highest BCUT2D eigenvalue weighted by atomic mass is 16.2. The lowest BCUT2D eigenvalue weighted by Gasteiger charge is -2.33. The van der Waals surface area contributed by atoms with Gasteiger partial charge in [-0.15, -0.1) is 0 Å². The molecule has 0 spiro atoms. The third kappa shape index (κ3) is 3.00. The van der Waals surface area contributed by atoms with E-state index in [2.05, 4.69) is 15.2 Å². The highest BCUT2D eigenvalue weighted by Crippen LogP contribution is 2.27. The van der Waals surface area contributed by atoms with Crippen LogP contribution < -0.4 is 10.2 Å². The number of hydrogen-bond acceptors (Lipinski definition) is 4. The van der Waals surface area contributed by atoms with E-state index in [0.29, 0.717) is 6.04 Å². The van der Waals surface area contributed by atoms with Gasteiger partial charge in [0.15, 0.2) is 5.82 Å². The number of anilines is 1. The van der Waals surface area contributed by atoms with E-state index in [4.69, 9.17) is 4.98 Å². The number of para-hydroxylation sites is 2. The van der Waals surface area contributed by atoms with Crippen molar-refractivity contribution in [2.45, 2.75) is 38.6 Å². The Bertz CT molecular complexity index is 741. The molecule has 1 aliphatic heterocycles. The number of amides is 1. The fourth-order valence-electron chi connectivity index (χ4n) is 3.31. The Morgan fingerprint density at radius 3 is 2.65 bits per heavy atom. The molecule has 120 valence electrons. The van der Waals surface area contributed by atoms with Crippen LogP contribution >= 0.6 is 0 Å². The first-order valence-corrected chi connectivity index (χ1v) is 8.49. The monoisotopic (exact) mass is 310 g/mol. The highest BCUT2D eigenvalue weighted by Gasteiger charge is 2.31. The zero-order valence-corrected chi connectivity index (χ0v) is 13.5. The molecule has 1 aliphatic carbocycles. The van der Waals surface area contributed by atoms with E-state index in [0.717, 1.165) is 61.3 Å². The normalized spacial score (nSPS) is 21.4. The van der Waals surface area contributed by atoms with Crippen molar-refractivity contribution in [3.8, 4) is 0 Å². The molecule has 2 aliphatic rings. The van der Waals surface area contributed by atoms with Crippen molar-refractivity contribution >= 4 is 22.8 Å². The largest absolute Gasteiger partial charge is 0.354 e. The van der Waals surface area contributed by atoms with Crippen LogP contribution in [0, 0.1) is 12.8 Å². The molecule has 1 saturated carbocycles. The van der Waals surface area contributed by atoms with Crippen LogP contribution in [-0.4, -0.2) is 35.0 Å². The molecule has 23 heavy (non-hydrogen) atoms. The summed E-state index contributed by atoms with van der Waals surface area (Å²) < 4.78 is 0. The molecule has 0 radical (unpaired) electrons. The molecule has 1 amide bonds. The van der Waals surface area contributed by atoms with Crippen LogP contribution in [0.25, 0.3) is 11.0 Å². The Kier molecular flexibility index (Phi) is 3.63. The summed E-state index contributed by atoms with van der Waals surface area (Å²) in [6.45, 7) is 3.69. The van der Waals surface area contributed by atoms with Gasteiger partial charge in [-0.3, -0.25) is 4.79 Å². The number of carbonyl (C=O) groups is 1. The summed E-state index contributed by atoms with van der Waals surface area (Å²) >= 11 is 0. The summed E-state index contributed by atoms with van der Waals surface area (Å²) in [5.41, 5.74) is 2.78. The third-order valence-corrected chi connectivity index (χ3v) is 4.74. The number of fused-ring (bicyclic) bond motifs is 1. The lowest BCUT2D eigenvalue weighted by atomic mass is 9.97. The lowest BCUT2D eigenvalue weighted by Crippen LogP contribution is -2.44. The minimum Gasteiger partial charge on any atom is -0.354 e. The first-order valence-electron chi connectivity index (χ1n) is 8.49. The topological polar surface area (TPSA) is 58.1 Å². The van der Waals surface area contributed by atoms with Gasteiger partial charge >= 0.3 is 0 Å². The maximum atomic E-state index is 12.3. The Balaban J connectivity index is 1.56. The molecule has 0 bridgehead atoms. The molecule has 0 unspecified atom stereocenters. The van der Waals surface area contributed by atoms with Crippen LogP contribution in [0.1, 0.15) is 31.4 Å². The van der Waals surface area contributed by atoms with Gasteiger partial charge in [0.2, 0.25) is 5.91 Å². The fraction of sp³-hybridized carbons (Fsp3) is 0.500.